The molecule has 622 valence electrons. The van der Waals surface area contributed by atoms with E-state index in [2.05, 4.69) is 127 Å². The zero-order valence-corrected chi connectivity index (χ0v) is 68.7. The highest BCUT2D eigenvalue weighted by Gasteiger charge is 2.49. The third kappa shape index (κ3) is 26.0. The largest absolute Gasteiger partial charge is 0.534 e. The lowest BCUT2D eigenvalue weighted by Crippen LogP contribution is -2.30. The highest BCUT2D eigenvalue weighted by molar-refractivity contribution is 7.88. The fraction of sp³-hybridized carbons (Fsp3) is 0.151. The number of nitrogens with one attached hydrogen (secondary N) is 2. The number of benzene rings is 6. The van der Waals surface area contributed by atoms with Crippen LogP contribution in [0.3, 0.4) is 0 Å². The molecule has 122 heavy (non-hydrogen) atoms. The fourth-order valence-corrected chi connectivity index (χ4v) is 11.8. The number of aromatic nitrogens is 11. The van der Waals surface area contributed by atoms with Crippen molar-refractivity contribution in [1.82, 2.24) is 54.8 Å². The number of H-pyrrole nitrogens is 2. The van der Waals surface area contributed by atoms with Crippen molar-refractivity contribution in [2.45, 2.75) is 92.5 Å². The summed E-state index contributed by atoms with van der Waals surface area (Å²) < 4.78 is 112. The molecular weight excluding hydrogens is 1590 g/mol. The van der Waals surface area contributed by atoms with Gasteiger partial charge in [-0.1, -0.05) is 114 Å². The van der Waals surface area contributed by atoms with Crippen molar-refractivity contribution in [2.75, 3.05) is 0 Å². The molecule has 11 aromatic heterocycles. The molecule has 0 saturated heterocycles. The first-order valence-corrected chi connectivity index (χ1v) is 39.1. The van der Waals surface area contributed by atoms with E-state index in [4.69, 9.17) is 20.1 Å². The first-order chi connectivity index (χ1) is 57.7. The third-order valence-corrected chi connectivity index (χ3v) is 18.8. The molecule has 0 fully saturated rings. The van der Waals surface area contributed by atoms with Crippen molar-refractivity contribution in [2.24, 2.45) is 0 Å². The highest BCUT2D eigenvalue weighted by atomic mass is 32.2. The molecule has 0 amide bonds. The van der Waals surface area contributed by atoms with Crippen LogP contribution >= 0.6 is 0 Å². The van der Waals surface area contributed by atoms with Gasteiger partial charge in [0.25, 0.3) is 0 Å². The molecule has 20 nitrogen and oxygen atoms in total. The maximum atomic E-state index is 12.8. The standard InChI is InChI=1S/2C15H11FN2.C14H9FN2O.C14H23N.C11H8F3NO3S.C10H9NO.C9H7NO2.C5H5BFNO2/c2*1-10-2-3-11-4-6-13(18-14(11)8-10)12-5-7-15(16)17-9-12;15-14-6-3-10(8-16-14)12-5-2-9-1-4-11(18)7-13(9)17-12;1-10-8-11(13(2,3)4)15-12(9-10)14(5,6)7;1-7-2-3-8-4-5-10(15-9(8)6-7)18-19(16,17)11(12,13)14;1-7-2-3-8-4-5-10(12)11-9(8)6-7;11-7-3-1-6-2-4-9(12)10-8(6)5-7;7-5-2-1-4(3-8-5)6(9)10/h2*2-9H,1H3;1-8,18H;8-9H,1-7H3;2-6H,1H3;2-6H,1H3,(H,11,12);1-5,11H,(H,10,12);1-3,9-10H. The summed E-state index contributed by atoms with van der Waals surface area (Å²) in [5.41, 5.74) is 12.0. The van der Waals surface area contributed by atoms with Gasteiger partial charge >= 0.3 is 22.7 Å². The van der Waals surface area contributed by atoms with Gasteiger partial charge in [-0.15, -0.1) is 0 Å². The average molecular weight is 1670 g/mol. The van der Waals surface area contributed by atoms with Gasteiger partial charge in [0.2, 0.25) is 40.8 Å². The smallest absolute Gasteiger partial charge is 0.508 e. The van der Waals surface area contributed by atoms with Crippen LogP contribution < -0.4 is 20.8 Å². The number of fused-ring (bicyclic) bond motifs is 6. The van der Waals surface area contributed by atoms with Crippen molar-refractivity contribution in [3.05, 3.63) is 351 Å². The normalized spacial score (nSPS) is 11.1. The molecule has 29 heteroatoms. The predicted molar refractivity (Wildman–Crippen MR) is 464 cm³/mol. The van der Waals surface area contributed by atoms with E-state index in [0.29, 0.717) is 27.6 Å². The second-order valence-corrected chi connectivity index (χ2v) is 31.5. The van der Waals surface area contributed by atoms with Crippen molar-refractivity contribution in [3.63, 3.8) is 0 Å². The van der Waals surface area contributed by atoms with Crippen LogP contribution in [0.1, 0.15) is 80.7 Å². The van der Waals surface area contributed by atoms with E-state index in [1.54, 1.807) is 79.7 Å². The Morgan fingerprint density at radius 3 is 1.06 bits per heavy atom. The SMILES string of the molecule is Cc1cc(C(C)(C)C)nc(C(C)(C)C)c1.Cc1ccc2ccc(-c3ccc(F)nc3)nc2c1.Cc1ccc2ccc(-c3ccc(F)nc3)nc2c1.Cc1ccc2ccc(=O)[nH]c2c1.Cc1ccc2ccc(OS(=O)(=O)C(F)(F)F)nc2c1.O=c1ccc2ccc(O)cc2[nH]1.OB(O)c1ccc(F)nc1.Oc1ccc2ccc(-c3ccc(F)nc3)nc2c1. The van der Waals surface area contributed by atoms with Crippen LogP contribution in [0.4, 0.5) is 30.7 Å². The van der Waals surface area contributed by atoms with Gasteiger partial charge in [-0.25, -0.2) is 39.9 Å². The van der Waals surface area contributed by atoms with Crippen molar-refractivity contribution < 1.29 is 63.6 Å². The summed E-state index contributed by atoms with van der Waals surface area (Å²) in [5.74, 6) is -2.39. The zero-order valence-electron chi connectivity index (χ0n) is 67.9. The molecule has 0 unspecified atom stereocenters. The number of nitrogens with zero attached hydrogens (tertiary/aromatic N) is 9. The molecule has 17 aromatic rings. The van der Waals surface area contributed by atoms with Crippen LogP contribution in [-0.4, -0.2) is 96.1 Å². The molecule has 0 aliphatic heterocycles. The van der Waals surface area contributed by atoms with Gasteiger partial charge < -0.3 is 34.4 Å². The Hall–Kier alpha value is -14.0. The molecule has 6 N–H and O–H groups in total. The first-order valence-electron chi connectivity index (χ1n) is 37.6. The first kappa shape index (κ1) is 90.3. The number of phenolic OH excluding ortho intramolecular Hbond substituents is 2. The summed E-state index contributed by atoms with van der Waals surface area (Å²) >= 11 is 0. The van der Waals surface area contributed by atoms with E-state index in [1.807, 2.05) is 106 Å². The van der Waals surface area contributed by atoms with Gasteiger partial charge in [-0.2, -0.15) is 39.2 Å². The predicted octanol–water partition coefficient (Wildman–Crippen LogP) is 19.4. The molecule has 0 bridgehead atoms. The lowest BCUT2D eigenvalue weighted by molar-refractivity contribution is -0.0501. The number of pyridine rings is 11. The van der Waals surface area contributed by atoms with E-state index in [-0.39, 0.29) is 38.9 Å². The van der Waals surface area contributed by atoms with Gasteiger partial charge in [0.05, 0.1) is 44.7 Å². The molecule has 0 aliphatic carbocycles. The molecule has 0 spiro atoms. The Morgan fingerprint density at radius 2 is 0.680 bits per heavy atom. The minimum Gasteiger partial charge on any atom is -0.508 e. The second kappa shape index (κ2) is 39.7. The molecule has 0 radical (unpaired) electrons. The third-order valence-electron chi connectivity index (χ3n) is 17.9. The number of hydrogen-bond acceptors (Lipinski definition) is 18. The van der Waals surface area contributed by atoms with Crippen LogP contribution in [0.15, 0.2) is 277 Å². The minimum absolute atomic E-state index is 0.0481. The number of hydrogen-bond donors (Lipinski definition) is 6. The lowest BCUT2D eigenvalue weighted by atomic mass is 9.82. The monoisotopic (exact) mass is 1670 g/mol. The highest BCUT2D eigenvalue weighted by Crippen LogP contribution is 2.31. The van der Waals surface area contributed by atoms with E-state index >= 15 is 0 Å². The molecule has 0 saturated carbocycles. The van der Waals surface area contributed by atoms with Crippen molar-refractivity contribution in [3.8, 4) is 51.2 Å². The molecule has 0 aliphatic rings. The molecule has 0 atom stereocenters. The lowest BCUT2D eigenvalue weighted by Gasteiger charge is -2.24. The zero-order chi connectivity index (χ0) is 88.4. The summed E-state index contributed by atoms with van der Waals surface area (Å²) in [6.45, 7) is 23.3. The fourth-order valence-electron chi connectivity index (χ4n) is 11.4. The van der Waals surface area contributed by atoms with E-state index < -0.39 is 52.4 Å². The van der Waals surface area contributed by atoms with Crippen LogP contribution in [0.2, 0.25) is 0 Å². The van der Waals surface area contributed by atoms with Crippen LogP contribution in [0.25, 0.3) is 99.2 Å². The Kier molecular flexibility index (Phi) is 29.4. The average Bonchev–Trinajstić information content (AvgIpc) is 0.806. The van der Waals surface area contributed by atoms with Gasteiger partial charge in [-0.05, 0) is 213 Å². The maximum Gasteiger partial charge on any atom is 0.534 e. The number of aromatic amines is 2. The summed E-state index contributed by atoms with van der Waals surface area (Å²) in [5, 5.41) is 41.3. The number of alkyl halides is 3. The van der Waals surface area contributed by atoms with Gasteiger partial charge in [0.1, 0.15) is 11.5 Å². The Labute approximate surface area is 697 Å². The van der Waals surface area contributed by atoms with Crippen molar-refractivity contribution >= 4 is 88.1 Å². The van der Waals surface area contributed by atoms with Crippen LogP contribution in [0.5, 0.6) is 17.4 Å². The summed E-state index contributed by atoms with van der Waals surface area (Å²) in [6, 6.07) is 69.6. The summed E-state index contributed by atoms with van der Waals surface area (Å²) in [4.78, 5) is 63.4. The van der Waals surface area contributed by atoms with E-state index in [9.17, 15) is 53.8 Å². The van der Waals surface area contributed by atoms with Gasteiger partial charge in [-0.3, -0.25) is 14.6 Å². The summed E-state index contributed by atoms with van der Waals surface area (Å²) in [6.07, 6.45) is 5.50. The molecule has 11 heterocycles. The number of aromatic hydroxyl groups is 2. The minimum atomic E-state index is -5.69. The summed E-state index contributed by atoms with van der Waals surface area (Å²) in [7, 11) is -7.27. The van der Waals surface area contributed by atoms with Crippen LogP contribution in [0, 0.1) is 58.4 Å². The molecule has 6 aromatic carbocycles. The topological polar surface area (TPSA) is 306 Å². The number of halogens is 7. The van der Waals surface area contributed by atoms with Gasteiger partial charge in [0.15, 0.2) is 0 Å². The Balaban J connectivity index is 0.000000147. The number of phenols is 2. The molecular formula is C93H83BF7N11O9S. The van der Waals surface area contributed by atoms with E-state index in [0.717, 1.165) is 101 Å². The van der Waals surface area contributed by atoms with Gasteiger partial charge in [0, 0.05) is 127 Å². The number of aryl methyl sites for hydroxylation is 5. The molecule has 17 rings (SSSR count). The maximum absolute atomic E-state index is 12.8. The number of rotatable bonds is 6. The van der Waals surface area contributed by atoms with Crippen LogP contribution in [-0.2, 0) is 20.9 Å². The second-order valence-electron chi connectivity index (χ2n) is 30.0. The van der Waals surface area contributed by atoms with Crippen molar-refractivity contribution in [1.29, 1.82) is 0 Å². The quantitative estimate of drug-likeness (QED) is 0.0296. The Morgan fingerprint density at radius 1 is 0.352 bits per heavy atom. The Bertz CT molecular complexity index is 6340. The van der Waals surface area contributed by atoms with E-state index in [1.165, 1.54) is 95.2 Å².